The van der Waals surface area contributed by atoms with Crippen LogP contribution in [-0.4, -0.2) is 29.8 Å². The standard InChI is InChI=1S/C19H27NO/c1-13-10-15(3)17(11-14(13)2)19(21)12-20-9-5-7-16-6-4-8-18(16)20/h10-11,16,18H,4-9,12H2,1-3H3. The zero-order valence-electron chi connectivity index (χ0n) is 13.6. The lowest BCUT2D eigenvalue weighted by Gasteiger charge is -2.37. The van der Waals surface area contributed by atoms with Crippen LogP contribution in [0.3, 0.4) is 0 Å². The third-order valence-corrected chi connectivity index (χ3v) is 5.60. The first-order valence-corrected chi connectivity index (χ1v) is 8.41. The van der Waals surface area contributed by atoms with Crippen LogP contribution < -0.4 is 0 Å². The lowest BCUT2D eigenvalue weighted by molar-refractivity contribution is 0.0776. The monoisotopic (exact) mass is 285 g/mol. The number of aryl methyl sites for hydroxylation is 3. The molecular formula is C19H27NO. The topological polar surface area (TPSA) is 20.3 Å². The molecule has 1 aliphatic carbocycles. The molecule has 0 aromatic heterocycles. The Labute approximate surface area is 128 Å². The van der Waals surface area contributed by atoms with Gasteiger partial charge in [-0.05, 0) is 81.7 Å². The van der Waals surface area contributed by atoms with E-state index in [1.807, 2.05) is 0 Å². The number of Topliss-reactive ketones (excluding diaryl/α,β-unsaturated/α-hetero) is 1. The largest absolute Gasteiger partial charge is 0.293 e. The highest BCUT2D eigenvalue weighted by Crippen LogP contribution is 2.36. The van der Waals surface area contributed by atoms with Gasteiger partial charge >= 0.3 is 0 Å². The Morgan fingerprint density at radius 2 is 1.76 bits per heavy atom. The summed E-state index contributed by atoms with van der Waals surface area (Å²) >= 11 is 0. The number of carbonyl (C=O) groups is 1. The lowest BCUT2D eigenvalue weighted by Crippen LogP contribution is -2.45. The molecule has 1 saturated carbocycles. The molecule has 1 aromatic rings. The van der Waals surface area contributed by atoms with E-state index in [0.717, 1.165) is 23.6 Å². The Kier molecular flexibility index (Phi) is 4.17. The minimum absolute atomic E-state index is 0.308. The van der Waals surface area contributed by atoms with Crippen LogP contribution in [0.1, 0.15) is 59.2 Å². The molecule has 1 aliphatic heterocycles. The summed E-state index contributed by atoms with van der Waals surface area (Å²) < 4.78 is 0. The third kappa shape index (κ3) is 2.91. The molecule has 2 aliphatic rings. The summed E-state index contributed by atoms with van der Waals surface area (Å²) in [4.78, 5) is 15.2. The smallest absolute Gasteiger partial charge is 0.177 e. The third-order valence-electron chi connectivity index (χ3n) is 5.60. The van der Waals surface area contributed by atoms with Crippen molar-refractivity contribution in [2.24, 2.45) is 5.92 Å². The zero-order chi connectivity index (χ0) is 15.0. The van der Waals surface area contributed by atoms with Gasteiger partial charge in [0.15, 0.2) is 5.78 Å². The van der Waals surface area contributed by atoms with Gasteiger partial charge in [-0.25, -0.2) is 0 Å². The average molecular weight is 285 g/mol. The van der Waals surface area contributed by atoms with Crippen molar-refractivity contribution in [3.8, 4) is 0 Å². The quantitative estimate of drug-likeness (QED) is 0.781. The van der Waals surface area contributed by atoms with Crippen LogP contribution in [0.4, 0.5) is 0 Å². The summed E-state index contributed by atoms with van der Waals surface area (Å²) in [6.07, 6.45) is 6.66. The number of nitrogens with zero attached hydrogens (tertiary/aromatic N) is 1. The van der Waals surface area contributed by atoms with Gasteiger partial charge in [0.1, 0.15) is 0 Å². The highest BCUT2D eigenvalue weighted by molar-refractivity contribution is 5.99. The summed E-state index contributed by atoms with van der Waals surface area (Å²) in [5.74, 6) is 1.16. The van der Waals surface area contributed by atoms with Crippen LogP contribution in [0.2, 0.25) is 0 Å². The van der Waals surface area contributed by atoms with Gasteiger partial charge in [0.2, 0.25) is 0 Å². The second-order valence-electron chi connectivity index (χ2n) is 7.05. The van der Waals surface area contributed by atoms with Gasteiger partial charge in [-0.1, -0.05) is 12.5 Å². The highest BCUT2D eigenvalue weighted by atomic mass is 16.1. The fourth-order valence-electron chi connectivity index (χ4n) is 4.28. The number of hydrogen-bond donors (Lipinski definition) is 0. The molecule has 1 aromatic carbocycles. The summed E-state index contributed by atoms with van der Waals surface area (Å²) in [7, 11) is 0. The molecule has 0 amide bonds. The maximum atomic E-state index is 12.7. The van der Waals surface area contributed by atoms with Crippen LogP contribution >= 0.6 is 0 Å². The van der Waals surface area contributed by atoms with Crippen molar-refractivity contribution in [2.75, 3.05) is 13.1 Å². The Bertz CT molecular complexity index is 549. The first-order chi connectivity index (χ1) is 10.1. The van der Waals surface area contributed by atoms with E-state index in [9.17, 15) is 4.79 Å². The Morgan fingerprint density at radius 3 is 2.57 bits per heavy atom. The first-order valence-electron chi connectivity index (χ1n) is 8.41. The molecule has 0 spiro atoms. The summed E-state index contributed by atoms with van der Waals surface area (Å²) in [6, 6.07) is 4.91. The summed E-state index contributed by atoms with van der Waals surface area (Å²) in [6.45, 7) is 8.00. The van der Waals surface area contributed by atoms with Crippen LogP contribution in [-0.2, 0) is 0 Å². The molecule has 1 saturated heterocycles. The van der Waals surface area contributed by atoms with Crippen molar-refractivity contribution in [2.45, 2.75) is 58.9 Å². The van der Waals surface area contributed by atoms with Gasteiger partial charge in [-0.2, -0.15) is 0 Å². The maximum absolute atomic E-state index is 12.7. The number of hydrogen-bond acceptors (Lipinski definition) is 2. The van der Waals surface area contributed by atoms with Gasteiger partial charge in [-0.15, -0.1) is 0 Å². The van der Waals surface area contributed by atoms with E-state index in [-0.39, 0.29) is 0 Å². The molecular weight excluding hydrogens is 258 g/mol. The fourth-order valence-corrected chi connectivity index (χ4v) is 4.28. The van der Waals surface area contributed by atoms with E-state index >= 15 is 0 Å². The van der Waals surface area contributed by atoms with Crippen molar-refractivity contribution in [1.82, 2.24) is 4.90 Å². The van der Waals surface area contributed by atoms with E-state index in [2.05, 4.69) is 37.8 Å². The first kappa shape index (κ1) is 14.8. The van der Waals surface area contributed by atoms with Gasteiger partial charge in [-0.3, -0.25) is 9.69 Å². The van der Waals surface area contributed by atoms with Crippen molar-refractivity contribution < 1.29 is 4.79 Å². The van der Waals surface area contributed by atoms with Crippen LogP contribution in [0, 0.1) is 26.7 Å². The molecule has 0 bridgehead atoms. The van der Waals surface area contributed by atoms with Crippen LogP contribution in [0.15, 0.2) is 12.1 Å². The molecule has 21 heavy (non-hydrogen) atoms. The number of carbonyl (C=O) groups excluding carboxylic acids is 1. The van der Waals surface area contributed by atoms with Gasteiger partial charge in [0, 0.05) is 11.6 Å². The molecule has 2 unspecified atom stereocenters. The van der Waals surface area contributed by atoms with Gasteiger partial charge in [0.05, 0.1) is 6.54 Å². The molecule has 1 heterocycles. The zero-order valence-corrected chi connectivity index (χ0v) is 13.6. The second-order valence-corrected chi connectivity index (χ2v) is 7.05. The number of rotatable bonds is 3. The average Bonchev–Trinajstić information content (AvgIpc) is 2.92. The number of ketones is 1. The number of fused-ring (bicyclic) bond motifs is 1. The van der Waals surface area contributed by atoms with Gasteiger partial charge in [0.25, 0.3) is 0 Å². The molecule has 2 nitrogen and oxygen atoms in total. The Morgan fingerprint density at radius 1 is 1.05 bits per heavy atom. The van der Waals surface area contributed by atoms with E-state index in [4.69, 9.17) is 0 Å². The predicted octanol–water partition coefficient (Wildman–Crippen LogP) is 4.06. The minimum Gasteiger partial charge on any atom is -0.293 e. The summed E-state index contributed by atoms with van der Waals surface area (Å²) in [5, 5.41) is 0. The highest BCUT2D eigenvalue weighted by Gasteiger charge is 2.35. The molecule has 2 fully saturated rings. The number of benzene rings is 1. The Balaban J connectivity index is 1.75. The molecule has 0 N–H and O–H groups in total. The van der Waals surface area contributed by atoms with Crippen LogP contribution in [0.5, 0.6) is 0 Å². The van der Waals surface area contributed by atoms with Crippen molar-refractivity contribution in [3.63, 3.8) is 0 Å². The molecule has 0 radical (unpaired) electrons. The van der Waals surface area contributed by atoms with Crippen molar-refractivity contribution in [1.29, 1.82) is 0 Å². The lowest BCUT2D eigenvalue weighted by atomic mass is 9.91. The fraction of sp³-hybridized carbons (Fsp3) is 0.632. The van der Waals surface area contributed by atoms with Crippen LogP contribution in [0.25, 0.3) is 0 Å². The molecule has 2 atom stereocenters. The Hall–Kier alpha value is -1.15. The number of likely N-dealkylation sites (tertiary alicyclic amines) is 1. The number of piperidine rings is 1. The molecule has 3 rings (SSSR count). The predicted molar refractivity (Wildman–Crippen MR) is 86.9 cm³/mol. The van der Waals surface area contributed by atoms with E-state index in [1.165, 1.54) is 43.2 Å². The molecule has 2 heteroatoms. The van der Waals surface area contributed by atoms with Crippen molar-refractivity contribution in [3.05, 3.63) is 34.4 Å². The maximum Gasteiger partial charge on any atom is 0.177 e. The van der Waals surface area contributed by atoms with E-state index < -0.39 is 0 Å². The normalized spacial score (nSPS) is 25.9. The SMILES string of the molecule is Cc1cc(C)c(C(=O)CN2CCCC3CCCC32)cc1C. The van der Waals surface area contributed by atoms with E-state index in [1.54, 1.807) is 0 Å². The second kappa shape index (κ2) is 5.92. The van der Waals surface area contributed by atoms with Crippen molar-refractivity contribution >= 4 is 5.78 Å². The van der Waals surface area contributed by atoms with Gasteiger partial charge < -0.3 is 0 Å². The minimum atomic E-state index is 0.308. The summed E-state index contributed by atoms with van der Waals surface area (Å²) in [5.41, 5.74) is 4.56. The van der Waals surface area contributed by atoms with E-state index in [0.29, 0.717) is 18.4 Å². The molecule has 114 valence electrons.